The number of hydrogen-bond donors (Lipinski definition) is 1. The first-order chi connectivity index (χ1) is 6.77. The topological polar surface area (TPSA) is 56.8 Å². The minimum atomic E-state index is -0.297. The van der Waals surface area contributed by atoms with E-state index in [1.54, 1.807) is 11.8 Å². The molecule has 2 fully saturated rings. The molecule has 1 aliphatic carbocycles. The predicted octanol–water partition coefficient (Wildman–Crippen LogP) is 0.712. The van der Waals surface area contributed by atoms with Crippen LogP contribution in [0.2, 0.25) is 0 Å². The van der Waals surface area contributed by atoms with E-state index in [-0.39, 0.29) is 5.79 Å². The zero-order chi connectivity index (χ0) is 9.60. The Morgan fingerprint density at radius 3 is 3.00 bits per heavy atom. The van der Waals surface area contributed by atoms with Crippen molar-refractivity contribution in [3.05, 3.63) is 0 Å². The molecule has 1 saturated carbocycles. The van der Waals surface area contributed by atoms with Crippen LogP contribution in [-0.4, -0.2) is 35.5 Å². The predicted molar refractivity (Wildman–Crippen MR) is 55.3 cm³/mol. The molecule has 0 aromatic heterocycles. The van der Waals surface area contributed by atoms with E-state index in [1.807, 2.05) is 0 Å². The van der Waals surface area contributed by atoms with Crippen molar-refractivity contribution in [3.8, 4) is 0 Å². The molecule has 0 radical (unpaired) electrons. The number of thioether (sulfide) groups is 1. The molecule has 0 amide bonds. The first-order valence-corrected chi connectivity index (χ1v) is 5.93. The summed E-state index contributed by atoms with van der Waals surface area (Å²) in [6, 6.07) is 0.401. The third-order valence-corrected chi connectivity index (χ3v) is 4.27. The van der Waals surface area contributed by atoms with Crippen molar-refractivity contribution >= 4 is 16.9 Å². The Morgan fingerprint density at radius 2 is 2.21 bits per heavy atom. The van der Waals surface area contributed by atoms with Gasteiger partial charge in [0, 0.05) is 18.1 Å². The number of ether oxygens (including phenoxy) is 2. The van der Waals surface area contributed by atoms with Gasteiger partial charge in [-0.2, -0.15) is 0 Å². The molecule has 14 heavy (non-hydrogen) atoms. The van der Waals surface area contributed by atoms with Crippen LogP contribution in [0.4, 0.5) is 0 Å². The third-order valence-electron chi connectivity index (χ3n) is 3.14. The van der Waals surface area contributed by atoms with Crippen molar-refractivity contribution in [3.63, 3.8) is 0 Å². The average Bonchev–Trinajstić information content (AvgIpc) is 2.72. The van der Waals surface area contributed by atoms with Gasteiger partial charge in [-0.25, -0.2) is 0 Å². The summed E-state index contributed by atoms with van der Waals surface area (Å²) in [7, 11) is 0. The smallest absolute Gasteiger partial charge is 0.169 e. The van der Waals surface area contributed by atoms with Gasteiger partial charge in [0.15, 0.2) is 11.0 Å². The molecule has 5 heteroatoms. The first kappa shape index (κ1) is 9.00. The molecule has 78 valence electrons. The molecular formula is C9H14N2O2S. The van der Waals surface area contributed by atoms with Crippen LogP contribution in [0.3, 0.4) is 0 Å². The van der Waals surface area contributed by atoms with Crippen LogP contribution in [0.25, 0.3) is 0 Å². The van der Waals surface area contributed by atoms with Gasteiger partial charge in [0.2, 0.25) is 0 Å². The molecule has 3 aliphatic rings. The Labute approximate surface area is 87.2 Å². The number of rotatable bonds is 0. The summed E-state index contributed by atoms with van der Waals surface area (Å²) in [4.78, 5) is 4.41. The van der Waals surface area contributed by atoms with E-state index < -0.39 is 0 Å². The fourth-order valence-corrected chi connectivity index (χ4v) is 3.67. The molecule has 0 bridgehead atoms. The quantitative estimate of drug-likeness (QED) is 0.645. The molecule has 2 heterocycles. The molecule has 4 nitrogen and oxygen atoms in total. The van der Waals surface area contributed by atoms with E-state index in [2.05, 4.69) is 4.99 Å². The van der Waals surface area contributed by atoms with Crippen molar-refractivity contribution in [2.45, 2.75) is 36.3 Å². The van der Waals surface area contributed by atoms with E-state index >= 15 is 0 Å². The van der Waals surface area contributed by atoms with Gasteiger partial charge < -0.3 is 15.2 Å². The maximum absolute atomic E-state index is 5.71. The zero-order valence-corrected chi connectivity index (χ0v) is 8.76. The average molecular weight is 214 g/mol. The van der Waals surface area contributed by atoms with E-state index in [0.29, 0.717) is 11.3 Å². The fraction of sp³-hybridized carbons (Fsp3) is 0.889. The van der Waals surface area contributed by atoms with Crippen LogP contribution in [0, 0.1) is 0 Å². The van der Waals surface area contributed by atoms with Crippen LogP contribution in [0.5, 0.6) is 0 Å². The lowest BCUT2D eigenvalue weighted by Crippen LogP contribution is -2.42. The van der Waals surface area contributed by atoms with Gasteiger partial charge in [-0.1, -0.05) is 11.8 Å². The van der Waals surface area contributed by atoms with Crippen LogP contribution in [0.15, 0.2) is 4.99 Å². The molecule has 2 atom stereocenters. The number of aliphatic imine (C=N–C) groups is 1. The van der Waals surface area contributed by atoms with Crippen molar-refractivity contribution < 1.29 is 9.47 Å². The van der Waals surface area contributed by atoms with Gasteiger partial charge >= 0.3 is 0 Å². The van der Waals surface area contributed by atoms with Crippen LogP contribution in [0.1, 0.15) is 19.3 Å². The molecule has 3 rings (SSSR count). The summed E-state index contributed by atoms with van der Waals surface area (Å²) < 4.78 is 11.4. The second kappa shape index (κ2) is 3.12. The lowest BCUT2D eigenvalue weighted by Gasteiger charge is -2.36. The second-order valence-electron chi connectivity index (χ2n) is 4.04. The Kier molecular flexibility index (Phi) is 2.00. The van der Waals surface area contributed by atoms with Gasteiger partial charge in [0.05, 0.1) is 19.3 Å². The summed E-state index contributed by atoms with van der Waals surface area (Å²) in [6.07, 6.45) is 2.94. The van der Waals surface area contributed by atoms with E-state index in [9.17, 15) is 0 Å². The van der Waals surface area contributed by atoms with Crippen LogP contribution in [-0.2, 0) is 9.47 Å². The number of nitrogens with two attached hydrogens (primary N) is 1. The second-order valence-corrected chi connectivity index (χ2v) is 5.30. The normalized spacial score (nSPS) is 39.9. The number of nitrogens with zero attached hydrogens (tertiary/aromatic N) is 1. The molecule has 0 aromatic rings. The van der Waals surface area contributed by atoms with Crippen molar-refractivity contribution in [2.75, 3.05) is 13.2 Å². The van der Waals surface area contributed by atoms with Crippen LogP contribution < -0.4 is 5.73 Å². The van der Waals surface area contributed by atoms with Gasteiger partial charge in [-0.3, -0.25) is 4.99 Å². The van der Waals surface area contributed by atoms with Crippen molar-refractivity contribution in [2.24, 2.45) is 10.7 Å². The Bertz CT molecular complexity index is 276. The minimum Gasteiger partial charge on any atom is -0.379 e. The summed E-state index contributed by atoms with van der Waals surface area (Å²) in [5, 5.41) is 1.21. The Morgan fingerprint density at radius 1 is 1.43 bits per heavy atom. The van der Waals surface area contributed by atoms with Gasteiger partial charge in [0.25, 0.3) is 0 Å². The highest BCUT2D eigenvalue weighted by molar-refractivity contribution is 8.14. The SMILES string of the molecule is NC1=NC2CCC3(CC2S1)OCCO3. The summed E-state index contributed by atoms with van der Waals surface area (Å²) >= 11 is 1.68. The summed E-state index contributed by atoms with van der Waals surface area (Å²) in [6.45, 7) is 1.47. The van der Waals surface area contributed by atoms with E-state index in [4.69, 9.17) is 15.2 Å². The van der Waals surface area contributed by atoms with Crippen molar-refractivity contribution in [1.29, 1.82) is 0 Å². The maximum Gasteiger partial charge on any atom is 0.169 e. The summed E-state index contributed by atoms with van der Waals surface area (Å²) in [5.41, 5.74) is 5.71. The molecule has 2 unspecified atom stereocenters. The zero-order valence-electron chi connectivity index (χ0n) is 7.94. The molecule has 2 N–H and O–H groups in total. The van der Waals surface area contributed by atoms with Gasteiger partial charge in [-0.05, 0) is 6.42 Å². The fourth-order valence-electron chi connectivity index (χ4n) is 2.47. The molecule has 0 aromatic carbocycles. The third kappa shape index (κ3) is 1.34. The molecule has 1 spiro atoms. The van der Waals surface area contributed by atoms with E-state index in [1.165, 1.54) is 0 Å². The number of hydrogen-bond acceptors (Lipinski definition) is 5. The van der Waals surface area contributed by atoms with E-state index in [0.717, 1.165) is 37.6 Å². The first-order valence-electron chi connectivity index (χ1n) is 5.05. The maximum atomic E-state index is 5.71. The number of amidine groups is 1. The van der Waals surface area contributed by atoms with Crippen LogP contribution >= 0.6 is 11.8 Å². The molecule has 2 aliphatic heterocycles. The summed E-state index contributed by atoms with van der Waals surface area (Å²) in [5.74, 6) is -0.297. The Hall–Kier alpha value is -0.260. The molecule has 1 saturated heterocycles. The van der Waals surface area contributed by atoms with Gasteiger partial charge in [0.1, 0.15) is 0 Å². The minimum absolute atomic E-state index is 0.297. The highest BCUT2D eigenvalue weighted by Crippen LogP contribution is 2.44. The lowest BCUT2D eigenvalue weighted by molar-refractivity contribution is -0.176. The van der Waals surface area contributed by atoms with Gasteiger partial charge in [-0.15, -0.1) is 0 Å². The molecular weight excluding hydrogens is 200 g/mol. The number of fused-ring (bicyclic) bond motifs is 1. The standard InChI is InChI=1S/C9H14N2O2S/c10-8-11-6-1-2-9(5-7(6)14-8)12-3-4-13-9/h6-7H,1-5H2,(H2,10,11). The van der Waals surface area contributed by atoms with Crippen molar-refractivity contribution in [1.82, 2.24) is 0 Å². The Balaban J connectivity index is 1.74. The highest BCUT2D eigenvalue weighted by atomic mass is 32.2. The highest BCUT2D eigenvalue weighted by Gasteiger charge is 2.47. The largest absolute Gasteiger partial charge is 0.379 e. The lowest BCUT2D eigenvalue weighted by atomic mass is 9.90. The monoisotopic (exact) mass is 214 g/mol.